The normalized spacial score (nSPS) is 11.6. The number of halogens is 1. The van der Waals surface area contributed by atoms with Crippen LogP contribution in [0.5, 0.6) is 11.5 Å². The monoisotopic (exact) mass is 532 g/mol. The van der Waals surface area contributed by atoms with Gasteiger partial charge in [0.1, 0.15) is 24.7 Å². The molecule has 0 spiro atoms. The van der Waals surface area contributed by atoms with Crippen LogP contribution in [0, 0.1) is 18.8 Å². The van der Waals surface area contributed by atoms with E-state index in [1.807, 2.05) is 30.3 Å². The molecule has 0 aliphatic carbocycles. The molecule has 190 valence electrons. The topological polar surface area (TPSA) is 44.8 Å². The van der Waals surface area contributed by atoms with Crippen molar-refractivity contribution in [3.8, 4) is 34.5 Å². The minimum atomic E-state index is -0.391. The van der Waals surface area contributed by atoms with Crippen molar-refractivity contribution in [3.63, 3.8) is 0 Å². The Balaban J connectivity index is 1.48. The average molecular weight is 533 g/mol. The molecule has 0 saturated heterocycles. The van der Waals surface area contributed by atoms with Crippen molar-refractivity contribution in [1.29, 1.82) is 0 Å². The molecule has 0 aliphatic heterocycles. The molecule has 0 radical (unpaired) electrons. The van der Waals surface area contributed by atoms with Crippen molar-refractivity contribution < 1.29 is 19.0 Å². The van der Waals surface area contributed by atoms with Crippen LogP contribution in [-0.2, 0) is 16.1 Å². The quantitative estimate of drug-likeness (QED) is 0.112. The molecule has 0 fully saturated rings. The first kappa shape index (κ1) is 26.8. The van der Waals surface area contributed by atoms with E-state index in [0.717, 1.165) is 22.6 Å². The van der Waals surface area contributed by atoms with Crippen LogP contribution in [0.4, 0.5) is 0 Å². The second-order valence-corrected chi connectivity index (χ2v) is 9.99. The van der Waals surface area contributed by atoms with Gasteiger partial charge in [0.05, 0.1) is 12.5 Å². The molecule has 0 aliphatic rings. The second kappa shape index (κ2) is 12.8. The molecular formula is C31H29ClO4S. The number of carbonyl (C=O) groups is 1. The van der Waals surface area contributed by atoms with Gasteiger partial charge in [0.25, 0.3) is 0 Å². The number of methoxy groups -OCH3 is 1. The average Bonchev–Trinajstić information content (AvgIpc) is 3.30. The van der Waals surface area contributed by atoms with E-state index in [-0.39, 0.29) is 12.3 Å². The summed E-state index contributed by atoms with van der Waals surface area (Å²) in [5.74, 6) is 7.32. The Kier molecular flexibility index (Phi) is 9.24. The van der Waals surface area contributed by atoms with Gasteiger partial charge in [-0.25, -0.2) is 0 Å². The third kappa shape index (κ3) is 6.93. The van der Waals surface area contributed by atoms with E-state index in [9.17, 15) is 4.79 Å². The Bertz CT molecular complexity index is 1430. The maximum Gasteiger partial charge on any atom is 0.223 e. The van der Waals surface area contributed by atoms with Gasteiger partial charge < -0.3 is 14.2 Å². The largest absolute Gasteiger partial charge is 0.491 e. The van der Waals surface area contributed by atoms with Gasteiger partial charge in [0.2, 0.25) is 5.24 Å². The lowest BCUT2D eigenvalue weighted by Gasteiger charge is -2.12. The third-order valence-electron chi connectivity index (χ3n) is 6.05. The summed E-state index contributed by atoms with van der Waals surface area (Å²) in [6.07, 6.45) is 0.189. The number of benzene rings is 3. The van der Waals surface area contributed by atoms with Crippen LogP contribution in [0.2, 0.25) is 0 Å². The summed E-state index contributed by atoms with van der Waals surface area (Å²) in [7, 11) is 1.67. The summed E-state index contributed by atoms with van der Waals surface area (Å²) in [5, 5.41) is 3.03. The summed E-state index contributed by atoms with van der Waals surface area (Å²) < 4.78 is 18.1. The van der Waals surface area contributed by atoms with Crippen LogP contribution in [0.25, 0.3) is 21.2 Å². The minimum Gasteiger partial charge on any atom is -0.491 e. The zero-order valence-corrected chi connectivity index (χ0v) is 22.7. The first-order valence-corrected chi connectivity index (χ1v) is 13.3. The molecule has 0 bridgehead atoms. The summed E-state index contributed by atoms with van der Waals surface area (Å²) >= 11 is 7.33. The Morgan fingerprint density at radius 2 is 1.76 bits per heavy atom. The zero-order chi connectivity index (χ0) is 26.2. The highest BCUT2D eigenvalue weighted by Gasteiger charge is 2.13. The van der Waals surface area contributed by atoms with Gasteiger partial charge in [-0.15, -0.1) is 17.3 Å². The lowest BCUT2D eigenvalue weighted by molar-refractivity contribution is -0.111. The lowest BCUT2D eigenvalue weighted by Crippen LogP contribution is -2.04. The summed E-state index contributed by atoms with van der Waals surface area (Å²) in [5.41, 5.74) is 5.61. The van der Waals surface area contributed by atoms with Crippen LogP contribution in [-0.4, -0.2) is 25.6 Å². The number of fused-ring (bicyclic) bond motifs is 1. The van der Waals surface area contributed by atoms with Crippen molar-refractivity contribution in [3.05, 3.63) is 82.7 Å². The molecule has 1 atom stereocenters. The van der Waals surface area contributed by atoms with E-state index in [4.69, 9.17) is 25.8 Å². The Morgan fingerprint density at radius 1 is 0.973 bits per heavy atom. The van der Waals surface area contributed by atoms with Crippen LogP contribution in [0.3, 0.4) is 0 Å². The Morgan fingerprint density at radius 3 is 2.46 bits per heavy atom. The number of carbonyl (C=O) groups excluding carboxylic acids is 1. The summed E-state index contributed by atoms with van der Waals surface area (Å²) in [4.78, 5) is 11.4. The molecule has 1 aromatic heterocycles. The molecule has 4 rings (SSSR count). The highest BCUT2D eigenvalue weighted by atomic mass is 35.5. The van der Waals surface area contributed by atoms with Crippen molar-refractivity contribution in [2.75, 3.05) is 20.3 Å². The first-order valence-electron chi connectivity index (χ1n) is 12.0. The smallest absolute Gasteiger partial charge is 0.223 e. The molecule has 0 amide bonds. The fourth-order valence-electron chi connectivity index (χ4n) is 4.20. The highest BCUT2D eigenvalue weighted by molar-refractivity contribution is 7.17. The standard InChI is InChI=1S/C31H29ClO4S/c1-4-5-24(18-31(32)33)23-7-9-25(10-8-23)36-19-22-6-13-30-28(17-22)29(20-37-30)27-12-11-26(16-21(27)2)35-15-14-34-3/h6-13,16-17,20,24H,14-15,18-19H2,1-3H3/t24-/m0/s1. The Hall–Kier alpha value is -3.30. The molecule has 0 N–H and O–H groups in total. The van der Waals surface area contributed by atoms with Gasteiger partial charge in [-0.1, -0.05) is 30.2 Å². The van der Waals surface area contributed by atoms with Crippen LogP contribution < -0.4 is 9.47 Å². The predicted octanol–water partition coefficient (Wildman–Crippen LogP) is 7.74. The fraction of sp³-hybridized carbons (Fsp3) is 0.258. The van der Waals surface area contributed by atoms with Crippen molar-refractivity contribution in [2.45, 2.75) is 32.8 Å². The van der Waals surface area contributed by atoms with Gasteiger partial charge in [-0.2, -0.15) is 0 Å². The SMILES string of the molecule is CC#C[C@@H](CC(=O)Cl)c1ccc(OCc2ccc3scc(-c4ccc(OCCOC)cc4C)c3c2)cc1. The van der Waals surface area contributed by atoms with Crippen LogP contribution in [0.15, 0.2) is 66.0 Å². The van der Waals surface area contributed by atoms with E-state index in [0.29, 0.717) is 19.8 Å². The highest BCUT2D eigenvalue weighted by Crippen LogP contribution is 2.37. The van der Waals surface area contributed by atoms with E-state index >= 15 is 0 Å². The molecule has 6 heteroatoms. The van der Waals surface area contributed by atoms with Gasteiger partial charge in [-0.3, -0.25) is 4.79 Å². The van der Waals surface area contributed by atoms with Crippen LogP contribution >= 0.6 is 22.9 Å². The molecule has 0 unspecified atom stereocenters. The number of ether oxygens (including phenoxy) is 3. The first-order chi connectivity index (χ1) is 18.0. The number of hydrogen-bond donors (Lipinski definition) is 0. The lowest BCUT2D eigenvalue weighted by atomic mass is 9.97. The molecule has 4 nitrogen and oxygen atoms in total. The second-order valence-electron chi connectivity index (χ2n) is 8.66. The maximum atomic E-state index is 11.4. The summed E-state index contributed by atoms with van der Waals surface area (Å²) in [6.45, 7) is 5.41. The summed E-state index contributed by atoms with van der Waals surface area (Å²) in [6, 6.07) is 20.4. The number of hydrogen-bond acceptors (Lipinski definition) is 5. The fourth-order valence-corrected chi connectivity index (χ4v) is 5.29. The van der Waals surface area contributed by atoms with Gasteiger partial charge in [0, 0.05) is 29.2 Å². The van der Waals surface area contributed by atoms with Crippen molar-refractivity contribution in [2.24, 2.45) is 0 Å². The van der Waals surface area contributed by atoms with Crippen molar-refractivity contribution in [1.82, 2.24) is 0 Å². The molecule has 4 aromatic rings. The van der Waals surface area contributed by atoms with Gasteiger partial charge in [0.15, 0.2) is 0 Å². The molecule has 3 aromatic carbocycles. The zero-order valence-electron chi connectivity index (χ0n) is 21.2. The number of rotatable bonds is 11. The van der Waals surface area contributed by atoms with E-state index < -0.39 is 5.24 Å². The molecule has 1 heterocycles. The van der Waals surface area contributed by atoms with E-state index in [1.165, 1.54) is 26.8 Å². The van der Waals surface area contributed by atoms with E-state index in [1.54, 1.807) is 25.4 Å². The predicted molar refractivity (Wildman–Crippen MR) is 152 cm³/mol. The number of aryl methyl sites for hydroxylation is 1. The Labute approximate surface area is 227 Å². The minimum absolute atomic E-state index is 0.189. The molecule has 37 heavy (non-hydrogen) atoms. The van der Waals surface area contributed by atoms with Crippen LogP contribution in [0.1, 0.15) is 36.0 Å². The molecule has 0 saturated carbocycles. The van der Waals surface area contributed by atoms with E-state index in [2.05, 4.69) is 54.5 Å². The number of thiophene rings is 1. The van der Waals surface area contributed by atoms with Crippen molar-refractivity contribution >= 4 is 38.3 Å². The van der Waals surface area contributed by atoms with Gasteiger partial charge >= 0.3 is 0 Å². The maximum absolute atomic E-state index is 11.4. The molecular weight excluding hydrogens is 504 g/mol. The third-order valence-corrected chi connectivity index (χ3v) is 7.17. The van der Waals surface area contributed by atoms with Gasteiger partial charge in [-0.05, 0) is 89.5 Å².